The summed E-state index contributed by atoms with van der Waals surface area (Å²) in [6.45, 7) is 6.23. The van der Waals surface area contributed by atoms with Crippen LogP contribution in [0, 0.1) is 0 Å². The number of hydrogen-bond acceptors (Lipinski definition) is 4. The Balaban J connectivity index is 1.33. The highest BCUT2D eigenvalue weighted by Gasteiger charge is 2.20. The summed E-state index contributed by atoms with van der Waals surface area (Å²) in [4.78, 5) is 27.8. The Morgan fingerprint density at radius 3 is 2.31 bits per heavy atom. The fraction of sp³-hybridized carbons (Fsp3) is 0.391. The van der Waals surface area contributed by atoms with Crippen LogP contribution in [0.2, 0.25) is 0 Å². The summed E-state index contributed by atoms with van der Waals surface area (Å²) in [5.74, 6) is 0.904. The molecule has 1 heterocycles. The van der Waals surface area contributed by atoms with Crippen molar-refractivity contribution in [2.45, 2.75) is 19.8 Å². The molecule has 2 aromatic carbocycles. The number of carbonyl (C=O) groups is 2. The topological polar surface area (TPSA) is 61.9 Å². The average molecular weight is 396 g/mol. The van der Waals surface area contributed by atoms with Crippen LogP contribution >= 0.6 is 0 Å². The molecular weight excluding hydrogens is 366 g/mol. The highest BCUT2D eigenvalue weighted by Crippen LogP contribution is 2.12. The molecule has 2 amide bonds. The lowest BCUT2D eigenvalue weighted by Crippen LogP contribution is -2.49. The van der Waals surface area contributed by atoms with Gasteiger partial charge in [-0.25, -0.2) is 0 Å². The van der Waals surface area contributed by atoms with Gasteiger partial charge in [0.2, 0.25) is 11.8 Å². The van der Waals surface area contributed by atoms with E-state index < -0.39 is 0 Å². The van der Waals surface area contributed by atoms with Crippen molar-refractivity contribution in [2.75, 3.05) is 44.6 Å². The zero-order chi connectivity index (χ0) is 20.5. The maximum Gasteiger partial charge on any atom is 0.226 e. The number of benzene rings is 2. The molecule has 29 heavy (non-hydrogen) atoms. The molecule has 3 rings (SSSR count). The van der Waals surface area contributed by atoms with Gasteiger partial charge in [0.15, 0.2) is 0 Å². The third kappa shape index (κ3) is 6.91. The number of nitrogens with one attached hydrogen (secondary N) is 1. The van der Waals surface area contributed by atoms with E-state index in [0.29, 0.717) is 13.0 Å². The molecule has 0 atom stereocenters. The largest absolute Gasteiger partial charge is 0.493 e. The van der Waals surface area contributed by atoms with Crippen LogP contribution in [-0.2, 0) is 16.0 Å². The Morgan fingerprint density at radius 1 is 0.966 bits per heavy atom. The Bertz CT molecular complexity index is 785. The summed E-state index contributed by atoms with van der Waals surface area (Å²) in [6, 6.07) is 17.6. The van der Waals surface area contributed by atoms with Gasteiger partial charge >= 0.3 is 0 Å². The van der Waals surface area contributed by atoms with E-state index in [1.165, 1.54) is 12.5 Å². The summed E-state index contributed by atoms with van der Waals surface area (Å²) in [6.07, 6.45) is 1.37. The van der Waals surface area contributed by atoms with Crippen molar-refractivity contribution in [3.63, 3.8) is 0 Å². The third-order valence-electron chi connectivity index (χ3n) is 5.04. The van der Waals surface area contributed by atoms with Crippen molar-refractivity contribution >= 4 is 17.5 Å². The first kappa shape index (κ1) is 20.9. The van der Waals surface area contributed by atoms with Crippen LogP contribution in [-0.4, -0.2) is 60.9 Å². The summed E-state index contributed by atoms with van der Waals surface area (Å²) >= 11 is 0. The van der Waals surface area contributed by atoms with Crippen molar-refractivity contribution in [1.82, 2.24) is 9.80 Å². The standard InChI is InChI=1S/C23H29N3O3/c1-19(27)24-21-9-7-20(8-10-21)11-13-25-14-16-26(17-15-25)23(28)12-18-29-22-5-3-2-4-6-22/h2-10H,11-18H2,1H3,(H,24,27). The van der Waals surface area contributed by atoms with E-state index in [4.69, 9.17) is 4.74 Å². The maximum absolute atomic E-state index is 12.4. The van der Waals surface area contributed by atoms with Gasteiger partial charge in [0.25, 0.3) is 0 Å². The lowest BCUT2D eigenvalue weighted by atomic mass is 10.1. The minimum absolute atomic E-state index is 0.0585. The second kappa shape index (κ2) is 10.6. The van der Waals surface area contributed by atoms with E-state index in [9.17, 15) is 9.59 Å². The molecule has 1 saturated heterocycles. The number of ether oxygens (including phenoxy) is 1. The van der Waals surface area contributed by atoms with Crippen molar-refractivity contribution in [1.29, 1.82) is 0 Å². The molecule has 0 aliphatic carbocycles. The molecular formula is C23H29N3O3. The lowest BCUT2D eigenvalue weighted by molar-refractivity contribution is -0.133. The molecule has 2 aromatic rings. The number of rotatable bonds is 8. The van der Waals surface area contributed by atoms with Gasteiger partial charge in [-0.2, -0.15) is 0 Å². The van der Waals surface area contributed by atoms with Crippen LogP contribution in [0.4, 0.5) is 5.69 Å². The van der Waals surface area contributed by atoms with Crippen molar-refractivity contribution < 1.29 is 14.3 Å². The fourth-order valence-electron chi connectivity index (χ4n) is 3.40. The van der Waals surface area contributed by atoms with Gasteiger partial charge in [-0.05, 0) is 36.2 Å². The Labute approximate surface area is 172 Å². The molecule has 0 radical (unpaired) electrons. The molecule has 1 fully saturated rings. The van der Waals surface area contributed by atoms with E-state index in [-0.39, 0.29) is 11.8 Å². The summed E-state index contributed by atoms with van der Waals surface area (Å²) in [5.41, 5.74) is 2.07. The molecule has 0 spiro atoms. The van der Waals surface area contributed by atoms with Crippen molar-refractivity contribution in [3.05, 3.63) is 60.2 Å². The van der Waals surface area contributed by atoms with E-state index in [2.05, 4.69) is 22.3 Å². The number of carbonyl (C=O) groups excluding carboxylic acids is 2. The minimum atomic E-state index is -0.0585. The van der Waals surface area contributed by atoms with Gasteiger partial charge in [-0.15, -0.1) is 0 Å². The quantitative estimate of drug-likeness (QED) is 0.747. The highest BCUT2D eigenvalue weighted by molar-refractivity contribution is 5.88. The number of hydrogen-bond donors (Lipinski definition) is 1. The van der Waals surface area contributed by atoms with Crippen molar-refractivity contribution in [3.8, 4) is 5.75 Å². The van der Waals surface area contributed by atoms with Gasteiger partial charge in [0.1, 0.15) is 5.75 Å². The van der Waals surface area contributed by atoms with Gasteiger partial charge in [-0.1, -0.05) is 30.3 Å². The van der Waals surface area contributed by atoms with E-state index >= 15 is 0 Å². The van der Waals surface area contributed by atoms with Gasteiger partial charge in [0, 0.05) is 45.3 Å². The Morgan fingerprint density at radius 2 is 1.66 bits per heavy atom. The molecule has 1 N–H and O–H groups in total. The predicted octanol–water partition coefficient (Wildman–Crippen LogP) is 2.80. The zero-order valence-corrected chi connectivity index (χ0v) is 17.0. The van der Waals surface area contributed by atoms with Crippen LogP contribution in [0.25, 0.3) is 0 Å². The molecule has 1 aliphatic rings. The minimum Gasteiger partial charge on any atom is -0.493 e. The van der Waals surface area contributed by atoms with E-state index in [0.717, 1.165) is 50.6 Å². The normalized spacial score (nSPS) is 14.4. The third-order valence-corrected chi connectivity index (χ3v) is 5.04. The molecule has 0 unspecified atom stereocenters. The van der Waals surface area contributed by atoms with Crippen molar-refractivity contribution in [2.24, 2.45) is 0 Å². The highest BCUT2D eigenvalue weighted by atomic mass is 16.5. The zero-order valence-electron chi connectivity index (χ0n) is 17.0. The van der Waals surface area contributed by atoms with Crippen LogP contribution in [0.5, 0.6) is 5.75 Å². The molecule has 1 aliphatic heterocycles. The van der Waals surface area contributed by atoms with Gasteiger partial charge in [0.05, 0.1) is 13.0 Å². The first-order chi connectivity index (χ1) is 14.1. The SMILES string of the molecule is CC(=O)Nc1ccc(CCN2CCN(C(=O)CCOc3ccccc3)CC2)cc1. The second-order valence-corrected chi connectivity index (χ2v) is 7.26. The molecule has 0 saturated carbocycles. The summed E-state index contributed by atoms with van der Waals surface area (Å²) < 4.78 is 5.62. The number of piperazine rings is 1. The first-order valence-electron chi connectivity index (χ1n) is 10.1. The van der Waals surface area contributed by atoms with E-state index in [1.54, 1.807) is 0 Å². The van der Waals surface area contributed by atoms with Gasteiger partial charge < -0.3 is 15.0 Å². The van der Waals surface area contributed by atoms with Gasteiger partial charge in [-0.3, -0.25) is 14.5 Å². The average Bonchev–Trinajstić information content (AvgIpc) is 2.74. The van der Waals surface area contributed by atoms with E-state index in [1.807, 2.05) is 47.4 Å². The number of anilines is 1. The van der Waals surface area contributed by atoms with Crippen LogP contribution in [0.3, 0.4) is 0 Å². The second-order valence-electron chi connectivity index (χ2n) is 7.26. The number of para-hydroxylation sites is 1. The molecule has 6 nitrogen and oxygen atoms in total. The lowest BCUT2D eigenvalue weighted by Gasteiger charge is -2.34. The maximum atomic E-state index is 12.4. The monoisotopic (exact) mass is 395 g/mol. The smallest absolute Gasteiger partial charge is 0.226 e. The fourth-order valence-corrected chi connectivity index (χ4v) is 3.40. The summed E-state index contributed by atoms with van der Waals surface area (Å²) in [5, 5.41) is 2.78. The molecule has 154 valence electrons. The Kier molecular flexibility index (Phi) is 7.64. The molecule has 6 heteroatoms. The van der Waals surface area contributed by atoms with Crippen LogP contribution in [0.1, 0.15) is 18.9 Å². The summed E-state index contributed by atoms with van der Waals surface area (Å²) in [7, 11) is 0. The predicted molar refractivity (Wildman–Crippen MR) is 114 cm³/mol. The molecule has 0 aromatic heterocycles. The van der Waals surface area contributed by atoms with Crippen LogP contribution < -0.4 is 10.1 Å². The molecule has 0 bridgehead atoms. The number of nitrogens with zero attached hydrogens (tertiary/aromatic N) is 2. The van der Waals surface area contributed by atoms with Crippen LogP contribution in [0.15, 0.2) is 54.6 Å². The number of amides is 2. The Hall–Kier alpha value is -2.86. The first-order valence-corrected chi connectivity index (χ1v) is 10.1.